The van der Waals surface area contributed by atoms with Crippen LogP contribution in [0.15, 0.2) is 24.3 Å². The minimum Gasteiger partial charge on any atom is -0.502 e. The minimum absolute atomic E-state index is 0.0167. The Morgan fingerprint density at radius 2 is 1.53 bits per heavy atom. The number of cyclic esters (lactones) is 1. The summed E-state index contributed by atoms with van der Waals surface area (Å²) in [5.74, 6) is -0.0529. The van der Waals surface area contributed by atoms with Crippen LogP contribution in [0, 0.1) is 11.8 Å². The van der Waals surface area contributed by atoms with Crippen molar-refractivity contribution in [3.05, 3.63) is 41.0 Å². The number of hydroxylamine groups is 2. The Bertz CT molecular complexity index is 1420. The van der Waals surface area contributed by atoms with Gasteiger partial charge in [0.05, 0.1) is 32.8 Å². The smallest absolute Gasteiger partial charge is 0.310 e. The molecule has 2 aromatic rings. The lowest BCUT2D eigenvalue weighted by molar-refractivity contribution is -0.289. The predicted octanol–water partition coefficient (Wildman–Crippen LogP) is 3.95. The molecule has 0 bridgehead atoms. The van der Waals surface area contributed by atoms with Crippen LogP contribution in [0.1, 0.15) is 69.2 Å². The number of nitrogens with zero attached hydrogens (tertiary/aromatic N) is 1. The SMILES string of the molecule is COc1cc([C@@H]2c3cc4c(cc3[C@@H](NC(=S)NC3CC(C)(C)N([O])C(C)(C)C3)[C@H]3COC(=O)[C@H]23)OCO4)cc(OC)c1O. The largest absolute Gasteiger partial charge is 0.502 e. The van der Waals surface area contributed by atoms with Crippen LogP contribution in [-0.2, 0) is 14.7 Å². The van der Waals surface area contributed by atoms with Crippen molar-refractivity contribution >= 4 is 23.3 Å². The molecule has 43 heavy (non-hydrogen) atoms. The molecule has 0 unspecified atom stereocenters. The number of hydrogen-bond acceptors (Lipinski definition) is 9. The summed E-state index contributed by atoms with van der Waals surface area (Å²) < 4.78 is 28.1. The molecule has 6 rings (SSSR count). The Kier molecular flexibility index (Phi) is 7.29. The molecule has 2 aromatic carbocycles. The molecule has 0 spiro atoms. The number of methoxy groups -OCH3 is 2. The summed E-state index contributed by atoms with van der Waals surface area (Å²) in [5.41, 5.74) is 1.37. The number of rotatable bonds is 5. The number of hydrogen-bond donors (Lipinski definition) is 3. The van der Waals surface area contributed by atoms with Crippen LogP contribution in [0.4, 0.5) is 0 Å². The molecule has 12 heteroatoms. The zero-order valence-corrected chi connectivity index (χ0v) is 26.0. The molecule has 4 aliphatic rings. The van der Waals surface area contributed by atoms with E-state index in [1.165, 1.54) is 19.3 Å². The van der Waals surface area contributed by atoms with Crippen LogP contribution >= 0.6 is 12.2 Å². The van der Waals surface area contributed by atoms with Crippen molar-refractivity contribution in [1.29, 1.82) is 0 Å². The summed E-state index contributed by atoms with van der Waals surface area (Å²) in [6.07, 6.45) is 1.25. The van der Waals surface area contributed by atoms with Gasteiger partial charge in [0.2, 0.25) is 12.5 Å². The Morgan fingerprint density at radius 1 is 0.953 bits per heavy atom. The topological polar surface area (TPSA) is 131 Å². The summed E-state index contributed by atoms with van der Waals surface area (Å²) in [6.45, 7) is 8.10. The highest BCUT2D eigenvalue weighted by atomic mass is 32.1. The number of aromatic hydroxyl groups is 1. The van der Waals surface area contributed by atoms with Crippen molar-refractivity contribution in [3.8, 4) is 28.7 Å². The van der Waals surface area contributed by atoms with Crippen molar-refractivity contribution < 1.29 is 38.8 Å². The van der Waals surface area contributed by atoms with E-state index in [4.69, 9.17) is 35.9 Å². The molecular weight excluding hydrogens is 574 g/mol. The van der Waals surface area contributed by atoms with Gasteiger partial charge in [-0.05, 0) is 93.7 Å². The predicted molar refractivity (Wildman–Crippen MR) is 159 cm³/mol. The van der Waals surface area contributed by atoms with Crippen LogP contribution in [0.3, 0.4) is 0 Å². The maximum atomic E-state index is 13.4. The third-order valence-corrected chi connectivity index (χ3v) is 9.50. The molecule has 2 fully saturated rings. The van der Waals surface area contributed by atoms with Gasteiger partial charge in [0.25, 0.3) is 0 Å². The standard InChI is InChI=1S/C31H38N3O8S/c1-30(2)11-16(12-31(3,4)34(30)37)32-29(43)33-26-18-10-21-20(41-14-42-21)9-17(18)24(25-19(26)13-40-28(25)36)15-7-22(38-5)27(35)23(8-15)39-6/h7-10,16,19,24-26,35H,11-14H2,1-6H3,(H2,32,33,43)/t19-,24+,25-,26+/m0/s1. The van der Waals surface area contributed by atoms with Crippen LogP contribution in [0.5, 0.6) is 28.7 Å². The van der Waals surface area contributed by atoms with Gasteiger partial charge in [-0.1, -0.05) is 0 Å². The molecule has 3 heterocycles. The van der Waals surface area contributed by atoms with Crippen molar-refractivity contribution in [2.75, 3.05) is 27.6 Å². The maximum absolute atomic E-state index is 13.4. The molecule has 3 N–H and O–H groups in total. The monoisotopic (exact) mass is 612 g/mol. The summed E-state index contributed by atoms with van der Waals surface area (Å²) in [6, 6.07) is 6.92. The summed E-state index contributed by atoms with van der Waals surface area (Å²) in [5, 5.41) is 32.1. The Labute approximate surface area is 256 Å². The van der Waals surface area contributed by atoms with Crippen LogP contribution in [0.25, 0.3) is 0 Å². The fourth-order valence-corrected chi connectivity index (χ4v) is 7.87. The van der Waals surface area contributed by atoms with E-state index in [0.717, 1.165) is 16.7 Å². The average Bonchev–Trinajstić information content (AvgIpc) is 3.57. The molecule has 2 saturated heterocycles. The van der Waals surface area contributed by atoms with E-state index in [1.54, 1.807) is 12.1 Å². The number of nitrogens with one attached hydrogen (secondary N) is 2. The first-order valence-corrected chi connectivity index (χ1v) is 14.8. The van der Waals surface area contributed by atoms with Gasteiger partial charge in [0.1, 0.15) is 0 Å². The lowest BCUT2D eigenvalue weighted by Crippen LogP contribution is -2.63. The Morgan fingerprint density at radius 3 is 2.12 bits per heavy atom. The van der Waals surface area contributed by atoms with Crippen LogP contribution in [-0.4, -0.2) is 66.0 Å². The van der Waals surface area contributed by atoms with E-state index in [-0.39, 0.29) is 54.6 Å². The normalized spacial score (nSPS) is 27.1. The van der Waals surface area contributed by atoms with E-state index in [2.05, 4.69) is 10.6 Å². The fraction of sp³-hybridized carbons (Fsp3) is 0.548. The first-order valence-electron chi connectivity index (χ1n) is 14.4. The van der Waals surface area contributed by atoms with Gasteiger partial charge in [-0.2, -0.15) is 0 Å². The van der Waals surface area contributed by atoms with E-state index in [0.29, 0.717) is 29.5 Å². The number of carbonyl (C=O) groups excluding carboxylic acids is 1. The lowest BCUT2D eigenvalue weighted by Gasteiger charge is -2.50. The molecule has 11 nitrogen and oxygen atoms in total. The van der Waals surface area contributed by atoms with Crippen molar-refractivity contribution in [2.24, 2.45) is 11.8 Å². The van der Waals surface area contributed by atoms with Gasteiger partial charge in [-0.25, -0.2) is 0 Å². The second kappa shape index (κ2) is 10.6. The van der Waals surface area contributed by atoms with Gasteiger partial charge >= 0.3 is 5.97 Å². The van der Waals surface area contributed by atoms with Crippen LogP contribution < -0.4 is 29.6 Å². The van der Waals surface area contributed by atoms with E-state index in [1.807, 2.05) is 39.8 Å². The molecule has 4 atom stereocenters. The lowest BCUT2D eigenvalue weighted by atomic mass is 9.65. The summed E-state index contributed by atoms with van der Waals surface area (Å²) >= 11 is 5.86. The molecular formula is C31H38N3O8S. The second-order valence-corrected chi connectivity index (χ2v) is 13.4. The number of fused-ring (bicyclic) bond motifs is 3. The first kappa shape index (κ1) is 29.6. The number of phenols is 1. The number of thiocarbonyl (C=S) groups is 1. The van der Waals surface area contributed by atoms with Gasteiger partial charge < -0.3 is 39.4 Å². The van der Waals surface area contributed by atoms with E-state index >= 15 is 0 Å². The van der Waals surface area contributed by atoms with Crippen molar-refractivity contribution in [1.82, 2.24) is 15.7 Å². The molecule has 1 aliphatic carbocycles. The second-order valence-electron chi connectivity index (χ2n) is 13.0. The van der Waals surface area contributed by atoms with E-state index < -0.39 is 22.9 Å². The fourth-order valence-electron chi connectivity index (χ4n) is 7.57. The number of phenolic OH excluding ortho intramolecular Hbond substituents is 1. The number of benzene rings is 2. The average molecular weight is 613 g/mol. The maximum Gasteiger partial charge on any atom is 0.310 e. The van der Waals surface area contributed by atoms with Gasteiger partial charge in [0.15, 0.2) is 28.1 Å². The number of carbonyl (C=O) groups is 1. The molecule has 0 aromatic heterocycles. The summed E-state index contributed by atoms with van der Waals surface area (Å²) in [4.78, 5) is 13.4. The highest BCUT2D eigenvalue weighted by Gasteiger charge is 2.53. The number of ether oxygens (including phenoxy) is 5. The highest BCUT2D eigenvalue weighted by molar-refractivity contribution is 7.80. The molecule has 231 valence electrons. The molecule has 3 aliphatic heterocycles. The first-order chi connectivity index (χ1) is 20.3. The van der Waals surface area contributed by atoms with Crippen LogP contribution in [0.2, 0.25) is 0 Å². The third kappa shape index (κ3) is 4.98. The van der Waals surface area contributed by atoms with E-state index in [9.17, 15) is 15.1 Å². The Hall–Kier alpha value is -3.48. The van der Waals surface area contributed by atoms with Gasteiger partial charge in [-0.3, -0.25) is 4.79 Å². The van der Waals surface area contributed by atoms with Crippen molar-refractivity contribution in [3.63, 3.8) is 0 Å². The van der Waals surface area contributed by atoms with Gasteiger partial charge in [-0.15, -0.1) is 10.3 Å². The number of piperidine rings is 1. The summed E-state index contributed by atoms with van der Waals surface area (Å²) in [7, 11) is 2.93. The molecule has 0 amide bonds. The minimum atomic E-state index is -0.561. The highest BCUT2D eigenvalue weighted by Crippen LogP contribution is 2.55. The quantitative estimate of drug-likeness (QED) is 0.335. The molecule has 0 saturated carbocycles. The zero-order valence-electron chi connectivity index (χ0n) is 25.2. The van der Waals surface area contributed by atoms with Gasteiger partial charge in [0, 0.05) is 29.0 Å². The Balaban J connectivity index is 1.39. The molecule has 1 radical (unpaired) electrons. The zero-order chi connectivity index (χ0) is 30.8. The van der Waals surface area contributed by atoms with Crippen molar-refractivity contribution in [2.45, 2.75) is 69.6 Å². The number of esters is 1. The third-order valence-electron chi connectivity index (χ3n) is 9.26.